The van der Waals surface area contributed by atoms with E-state index in [1.165, 1.54) is 27.4 Å². The third-order valence-corrected chi connectivity index (χ3v) is 7.89. The number of halogens is 1. The maximum absolute atomic E-state index is 6.41. The largest absolute Gasteiger partial charge is 0.455 e. The molecule has 3 heteroatoms. The third-order valence-electron chi connectivity index (χ3n) is 7.65. The van der Waals surface area contributed by atoms with E-state index in [1.807, 2.05) is 18.2 Å². The molecule has 2 nitrogen and oxygen atoms in total. The van der Waals surface area contributed by atoms with Crippen LogP contribution in [-0.4, -0.2) is 4.57 Å². The second-order valence-corrected chi connectivity index (χ2v) is 10.4. The maximum Gasteiger partial charge on any atom is 0.143 e. The van der Waals surface area contributed by atoms with E-state index in [-0.39, 0.29) is 0 Å². The van der Waals surface area contributed by atoms with Crippen LogP contribution in [0.4, 0.5) is 0 Å². The number of benzene rings is 6. The molecule has 8 rings (SSSR count). The first kappa shape index (κ1) is 22.2. The zero-order valence-corrected chi connectivity index (χ0v) is 21.7. The fourth-order valence-corrected chi connectivity index (χ4v) is 6.06. The number of para-hydroxylation sites is 3. The zero-order valence-electron chi connectivity index (χ0n) is 20.9. The van der Waals surface area contributed by atoms with E-state index < -0.39 is 0 Å². The van der Waals surface area contributed by atoms with Crippen LogP contribution in [0.25, 0.3) is 71.7 Å². The smallest absolute Gasteiger partial charge is 0.143 e. The van der Waals surface area contributed by atoms with Gasteiger partial charge in [-0.1, -0.05) is 96.5 Å². The lowest BCUT2D eigenvalue weighted by atomic mass is 9.99. The lowest BCUT2D eigenvalue weighted by Crippen LogP contribution is -1.93. The average molecular weight is 520 g/mol. The number of rotatable bonds is 3. The van der Waals surface area contributed by atoms with Crippen LogP contribution in [0, 0.1) is 0 Å². The molecule has 0 N–H and O–H groups in total. The van der Waals surface area contributed by atoms with E-state index in [9.17, 15) is 0 Å². The summed E-state index contributed by atoms with van der Waals surface area (Å²) in [6.45, 7) is 0. The van der Waals surface area contributed by atoms with Crippen LogP contribution in [0.1, 0.15) is 0 Å². The lowest BCUT2D eigenvalue weighted by molar-refractivity contribution is 0.670. The van der Waals surface area contributed by atoms with Crippen molar-refractivity contribution in [2.45, 2.75) is 0 Å². The molecule has 39 heavy (non-hydrogen) atoms. The van der Waals surface area contributed by atoms with Crippen molar-refractivity contribution in [1.29, 1.82) is 0 Å². The van der Waals surface area contributed by atoms with Gasteiger partial charge in [0.15, 0.2) is 0 Å². The highest BCUT2D eigenvalue weighted by atomic mass is 35.5. The molecule has 0 aliphatic rings. The van der Waals surface area contributed by atoms with Crippen molar-refractivity contribution in [3.63, 3.8) is 0 Å². The second-order valence-electron chi connectivity index (χ2n) is 9.93. The van der Waals surface area contributed by atoms with Gasteiger partial charge in [0, 0.05) is 37.8 Å². The molecule has 0 fully saturated rings. The number of aromatic nitrogens is 1. The summed E-state index contributed by atoms with van der Waals surface area (Å²) in [5.41, 5.74) is 9.74. The van der Waals surface area contributed by atoms with E-state index >= 15 is 0 Å². The molecule has 0 bridgehead atoms. The van der Waals surface area contributed by atoms with Gasteiger partial charge >= 0.3 is 0 Å². The lowest BCUT2D eigenvalue weighted by Gasteiger charge is -2.09. The minimum absolute atomic E-state index is 0.714. The van der Waals surface area contributed by atoms with Crippen molar-refractivity contribution in [3.8, 4) is 27.9 Å². The predicted octanol–water partition coefficient (Wildman–Crippen LogP) is 10.7. The third kappa shape index (κ3) is 3.49. The quantitative estimate of drug-likeness (QED) is 0.227. The van der Waals surface area contributed by atoms with Crippen molar-refractivity contribution < 1.29 is 4.42 Å². The van der Waals surface area contributed by atoms with Crippen LogP contribution >= 0.6 is 11.6 Å². The molecule has 0 spiro atoms. The molecule has 0 amide bonds. The summed E-state index contributed by atoms with van der Waals surface area (Å²) < 4.78 is 8.77. The summed E-state index contributed by atoms with van der Waals surface area (Å²) >= 11 is 6.30. The van der Waals surface area contributed by atoms with Crippen molar-refractivity contribution in [2.75, 3.05) is 0 Å². The highest BCUT2D eigenvalue weighted by molar-refractivity contribution is 6.31. The van der Waals surface area contributed by atoms with Crippen molar-refractivity contribution in [1.82, 2.24) is 4.57 Å². The molecule has 0 radical (unpaired) electrons. The van der Waals surface area contributed by atoms with Gasteiger partial charge in [-0.2, -0.15) is 0 Å². The van der Waals surface area contributed by atoms with Gasteiger partial charge in [0.25, 0.3) is 0 Å². The van der Waals surface area contributed by atoms with E-state index in [0.29, 0.717) is 5.02 Å². The summed E-state index contributed by atoms with van der Waals surface area (Å²) in [5.74, 6) is 0. The monoisotopic (exact) mass is 519 g/mol. The number of hydrogen-bond acceptors (Lipinski definition) is 1. The summed E-state index contributed by atoms with van der Waals surface area (Å²) in [7, 11) is 0. The fourth-order valence-electron chi connectivity index (χ4n) is 5.87. The molecule has 0 saturated heterocycles. The molecule has 0 aliphatic heterocycles. The molecule has 0 unspecified atom stereocenters. The Bertz CT molecular complexity index is 2190. The Morgan fingerprint density at radius 2 is 1.23 bits per heavy atom. The summed E-state index contributed by atoms with van der Waals surface area (Å²) in [6.07, 6.45) is 0. The normalized spacial score (nSPS) is 11.7. The van der Waals surface area contributed by atoms with Gasteiger partial charge in [-0.05, 0) is 65.2 Å². The Labute approximate surface area is 230 Å². The van der Waals surface area contributed by atoms with E-state index in [0.717, 1.165) is 44.3 Å². The van der Waals surface area contributed by atoms with Crippen LogP contribution in [0.3, 0.4) is 0 Å². The molecule has 8 aromatic rings. The molecular weight excluding hydrogens is 498 g/mol. The van der Waals surface area contributed by atoms with E-state index in [1.54, 1.807) is 0 Å². The van der Waals surface area contributed by atoms with Gasteiger partial charge in [0.05, 0.1) is 11.0 Å². The summed E-state index contributed by atoms with van der Waals surface area (Å²) in [4.78, 5) is 0. The Morgan fingerprint density at radius 1 is 0.487 bits per heavy atom. The maximum atomic E-state index is 6.41. The second kappa shape index (κ2) is 8.62. The minimum Gasteiger partial charge on any atom is -0.455 e. The molecule has 184 valence electrons. The highest BCUT2D eigenvalue weighted by Gasteiger charge is 2.15. The molecule has 0 aliphatic carbocycles. The Morgan fingerprint density at radius 3 is 2.13 bits per heavy atom. The van der Waals surface area contributed by atoms with Crippen molar-refractivity contribution in [3.05, 3.63) is 138 Å². The van der Waals surface area contributed by atoms with E-state index in [2.05, 4.69) is 120 Å². The number of nitrogens with zero attached hydrogens (tertiary/aromatic N) is 1. The van der Waals surface area contributed by atoms with E-state index in [4.69, 9.17) is 16.0 Å². The van der Waals surface area contributed by atoms with Gasteiger partial charge < -0.3 is 8.98 Å². The standard InChI is InChI=1S/C36H22ClNO/c37-26-9-6-8-25(20-26)28-13-7-14-31-32-21-23(17-19-35(32)39-36(28)31)24-16-18-30-29-12-4-5-15-33(29)38(34(30)22-24)27-10-2-1-3-11-27/h1-22H. The predicted molar refractivity (Wildman–Crippen MR) is 164 cm³/mol. The molecule has 2 aromatic heterocycles. The molecular formula is C36H22ClNO. The van der Waals surface area contributed by atoms with Crippen molar-refractivity contribution >= 4 is 55.3 Å². The van der Waals surface area contributed by atoms with Gasteiger partial charge in [0.2, 0.25) is 0 Å². The Kier molecular flexibility index (Phi) is 4.91. The number of furan rings is 1. The summed E-state index contributed by atoms with van der Waals surface area (Å²) in [6, 6.07) is 46.7. The molecule has 0 saturated carbocycles. The van der Waals surface area contributed by atoms with Gasteiger partial charge in [-0.15, -0.1) is 0 Å². The average Bonchev–Trinajstić information content (AvgIpc) is 3.52. The molecule has 2 heterocycles. The number of fused-ring (bicyclic) bond motifs is 6. The Balaban J connectivity index is 1.33. The first-order valence-electron chi connectivity index (χ1n) is 13.0. The minimum atomic E-state index is 0.714. The van der Waals surface area contributed by atoms with Gasteiger partial charge in [-0.25, -0.2) is 0 Å². The van der Waals surface area contributed by atoms with Crippen LogP contribution in [0.2, 0.25) is 5.02 Å². The zero-order chi connectivity index (χ0) is 25.9. The topological polar surface area (TPSA) is 18.1 Å². The first-order valence-corrected chi connectivity index (χ1v) is 13.4. The van der Waals surface area contributed by atoms with Crippen LogP contribution in [-0.2, 0) is 0 Å². The van der Waals surface area contributed by atoms with Gasteiger partial charge in [-0.3, -0.25) is 0 Å². The van der Waals surface area contributed by atoms with Crippen LogP contribution < -0.4 is 0 Å². The molecule has 6 aromatic carbocycles. The number of hydrogen-bond donors (Lipinski definition) is 0. The highest BCUT2D eigenvalue weighted by Crippen LogP contribution is 2.39. The SMILES string of the molecule is Clc1cccc(-c2cccc3c2oc2ccc(-c4ccc5c6ccccc6n(-c6ccccc6)c5c4)cc23)c1. The summed E-state index contributed by atoms with van der Waals surface area (Å²) in [5, 5.41) is 5.43. The van der Waals surface area contributed by atoms with Crippen LogP contribution in [0.15, 0.2) is 138 Å². The van der Waals surface area contributed by atoms with Gasteiger partial charge in [0.1, 0.15) is 11.2 Å². The Hall–Kier alpha value is -4.79. The fraction of sp³-hybridized carbons (Fsp3) is 0. The first-order chi connectivity index (χ1) is 19.2. The van der Waals surface area contributed by atoms with Crippen molar-refractivity contribution in [2.24, 2.45) is 0 Å². The molecule has 0 atom stereocenters. The van der Waals surface area contributed by atoms with Crippen LogP contribution in [0.5, 0.6) is 0 Å².